The molecule has 1 aromatic heterocycles. The van der Waals surface area contributed by atoms with Gasteiger partial charge in [0.2, 0.25) is 10.0 Å². The molecule has 6 nitrogen and oxygen atoms in total. The number of aromatic nitrogens is 1. The number of hydrogen-bond donors (Lipinski definition) is 1. The molecule has 0 unspecified atom stereocenters. The average Bonchev–Trinajstić information content (AvgIpc) is 2.50. The number of H-pyrrole nitrogens is 1. The molecule has 0 saturated heterocycles. The van der Waals surface area contributed by atoms with Gasteiger partial charge in [0.15, 0.2) is 0 Å². The minimum absolute atomic E-state index is 0.0708. The molecule has 1 heterocycles. The zero-order valence-corrected chi connectivity index (χ0v) is 14.4. The molecule has 0 aliphatic heterocycles. The number of nitrogens with one attached hydrogen (secondary N) is 1. The molecule has 0 amide bonds. The highest BCUT2D eigenvalue weighted by atomic mass is 32.2. The van der Waals surface area contributed by atoms with E-state index in [9.17, 15) is 13.2 Å². The Bertz CT molecular complexity index is 843. The summed E-state index contributed by atoms with van der Waals surface area (Å²) >= 11 is 0. The van der Waals surface area contributed by atoms with Crippen LogP contribution < -0.4 is 10.3 Å². The van der Waals surface area contributed by atoms with Gasteiger partial charge in [-0.25, -0.2) is 8.42 Å². The maximum absolute atomic E-state index is 12.2. The molecule has 126 valence electrons. The number of unbranched alkanes of at least 4 members (excludes halogenated alkanes) is 1. The van der Waals surface area contributed by atoms with Crippen molar-refractivity contribution in [1.82, 2.24) is 9.29 Å². The Morgan fingerprint density at radius 2 is 2.00 bits per heavy atom. The van der Waals surface area contributed by atoms with Crippen LogP contribution in [0, 0.1) is 0 Å². The topological polar surface area (TPSA) is 79.5 Å². The Labute approximate surface area is 136 Å². The van der Waals surface area contributed by atoms with Gasteiger partial charge in [0, 0.05) is 29.6 Å². The fourth-order valence-electron chi connectivity index (χ4n) is 2.36. The van der Waals surface area contributed by atoms with Crippen LogP contribution in [0.15, 0.2) is 29.1 Å². The molecule has 0 radical (unpaired) electrons. The van der Waals surface area contributed by atoms with Crippen LogP contribution in [0.3, 0.4) is 0 Å². The van der Waals surface area contributed by atoms with Crippen LogP contribution in [0.1, 0.15) is 25.3 Å². The smallest absolute Gasteiger partial charge is 0.252 e. The number of fused-ring (bicyclic) bond motifs is 1. The highest BCUT2D eigenvalue weighted by Crippen LogP contribution is 2.19. The molecule has 0 fully saturated rings. The zero-order valence-electron chi connectivity index (χ0n) is 13.6. The van der Waals surface area contributed by atoms with Gasteiger partial charge in [0.1, 0.15) is 5.75 Å². The van der Waals surface area contributed by atoms with Crippen LogP contribution in [0.4, 0.5) is 0 Å². The lowest BCUT2D eigenvalue weighted by Crippen LogP contribution is -2.32. The lowest BCUT2D eigenvalue weighted by Gasteiger charge is -2.19. The quantitative estimate of drug-likeness (QED) is 0.838. The Morgan fingerprint density at radius 3 is 2.61 bits per heavy atom. The van der Waals surface area contributed by atoms with Gasteiger partial charge in [0.05, 0.1) is 13.4 Å². The normalized spacial score (nSPS) is 12.0. The molecule has 0 aliphatic rings. The minimum atomic E-state index is -3.36. The summed E-state index contributed by atoms with van der Waals surface area (Å²) in [5.74, 6) is 0.682. The molecule has 2 rings (SSSR count). The lowest BCUT2D eigenvalue weighted by atomic mass is 10.1. The molecular weight excluding hydrogens is 316 g/mol. The number of hydrogen-bond acceptors (Lipinski definition) is 4. The Hall–Kier alpha value is -1.86. The number of sulfonamides is 1. The third-order valence-electron chi connectivity index (χ3n) is 3.71. The van der Waals surface area contributed by atoms with Gasteiger partial charge in [-0.2, -0.15) is 4.31 Å². The first-order valence-corrected chi connectivity index (χ1v) is 9.35. The molecule has 23 heavy (non-hydrogen) atoms. The van der Waals surface area contributed by atoms with E-state index in [1.54, 1.807) is 25.3 Å². The van der Waals surface area contributed by atoms with Gasteiger partial charge in [-0.05, 0) is 30.7 Å². The SMILES string of the molecule is CCCCN(Cc1cc2cc(OC)ccc2[nH]c1=O)S(C)(=O)=O. The Morgan fingerprint density at radius 1 is 1.26 bits per heavy atom. The monoisotopic (exact) mass is 338 g/mol. The van der Waals surface area contributed by atoms with E-state index in [1.165, 1.54) is 10.6 Å². The van der Waals surface area contributed by atoms with Crippen LogP contribution in [0.2, 0.25) is 0 Å². The molecule has 7 heteroatoms. The number of ether oxygens (including phenoxy) is 1. The summed E-state index contributed by atoms with van der Waals surface area (Å²) in [6.45, 7) is 2.47. The first-order valence-electron chi connectivity index (χ1n) is 7.50. The van der Waals surface area contributed by atoms with Crippen molar-refractivity contribution < 1.29 is 13.2 Å². The Kier molecular flexibility index (Phi) is 5.43. The molecule has 0 aliphatic carbocycles. The number of nitrogens with zero attached hydrogens (tertiary/aromatic N) is 1. The van der Waals surface area contributed by atoms with Crippen molar-refractivity contribution in [3.8, 4) is 5.75 Å². The molecule has 2 aromatic rings. The second-order valence-electron chi connectivity index (χ2n) is 5.53. The van der Waals surface area contributed by atoms with Crippen molar-refractivity contribution >= 4 is 20.9 Å². The van der Waals surface area contributed by atoms with Gasteiger partial charge in [-0.1, -0.05) is 13.3 Å². The van der Waals surface area contributed by atoms with E-state index in [2.05, 4.69) is 4.98 Å². The molecule has 0 atom stereocenters. The van der Waals surface area contributed by atoms with Crippen molar-refractivity contribution in [2.75, 3.05) is 19.9 Å². The maximum Gasteiger partial charge on any atom is 0.252 e. The van der Waals surface area contributed by atoms with Crippen LogP contribution >= 0.6 is 0 Å². The average molecular weight is 338 g/mol. The summed E-state index contributed by atoms with van der Waals surface area (Å²) in [7, 11) is -1.79. The van der Waals surface area contributed by atoms with Crippen molar-refractivity contribution in [2.45, 2.75) is 26.3 Å². The first kappa shape index (κ1) is 17.5. The molecule has 0 saturated carbocycles. The Balaban J connectivity index is 2.40. The van der Waals surface area contributed by atoms with Crippen LogP contribution in [0.5, 0.6) is 5.75 Å². The first-order chi connectivity index (χ1) is 10.8. The number of rotatable bonds is 7. The molecule has 0 spiro atoms. The number of aromatic amines is 1. The van der Waals surface area contributed by atoms with Gasteiger partial charge >= 0.3 is 0 Å². The largest absolute Gasteiger partial charge is 0.497 e. The molecule has 1 aromatic carbocycles. The maximum atomic E-state index is 12.2. The third-order valence-corrected chi connectivity index (χ3v) is 4.95. The van der Waals surface area contributed by atoms with E-state index >= 15 is 0 Å². The van der Waals surface area contributed by atoms with E-state index in [0.29, 0.717) is 23.4 Å². The highest BCUT2D eigenvalue weighted by molar-refractivity contribution is 7.88. The van der Waals surface area contributed by atoms with Crippen molar-refractivity contribution in [1.29, 1.82) is 0 Å². The standard InChI is InChI=1S/C16H22N2O4S/c1-4-5-8-18(23(3,20)21)11-13-9-12-10-14(22-2)6-7-15(12)17-16(13)19/h6-7,9-10H,4-5,8,11H2,1-3H3,(H,17,19). The summed E-state index contributed by atoms with van der Waals surface area (Å²) in [5, 5.41) is 0.808. The zero-order chi connectivity index (χ0) is 17.0. The second-order valence-corrected chi connectivity index (χ2v) is 7.51. The fraction of sp³-hybridized carbons (Fsp3) is 0.438. The van der Waals surface area contributed by atoms with Gasteiger partial charge in [-0.3, -0.25) is 4.79 Å². The van der Waals surface area contributed by atoms with E-state index in [1.807, 2.05) is 13.0 Å². The molecular formula is C16H22N2O4S. The fourth-order valence-corrected chi connectivity index (χ4v) is 3.20. The van der Waals surface area contributed by atoms with Crippen molar-refractivity contribution in [3.63, 3.8) is 0 Å². The summed E-state index contributed by atoms with van der Waals surface area (Å²) in [4.78, 5) is 15.0. The lowest BCUT2D eigenvalue weighted by molar-refractivity contribution is 0.400. The van der Waals surface area contributed by atoms with Crippen LogP contribution in [0.25, 0.3) is 10.9 Å². The summed E-state index contributed by atoms with van der Waals surface area (Å²) in [6.07, 6.45) is 2.81. The third kappa shape index (κ3) is 4.33. The van der Waals surface area contributed by atoms with Crippen molar-refractivity contribution in [2.24, 2.45) is 0 Å². The molecule has 0 bridgehead atoms. The summed E-state index contributed by atoms with van der Waals surface area (Å²) < 4.78 is 30.3. The number of methoxy groups -OCH3 is 1. The van der Waals surface area contributed by atoms with Crippen LogP contribution in [-0.2, 0) is 16.6 Å². The summed E-state index contributed by atoms with van der Waals surface area (Å²) in [5.41, 5.74) is 0.846. The van der Waals surface area contributed by atoms with E-state index in [-0.39, 0.29) is 12.1 Å². The van der Waals surface area contributed by atoms with Gasteiger partial charge < -0.3 is 9.72 Å². The number of benzene rings is 1. The predicted octanol–water partition coefficient (Wildman–Crippen LogP) is 2.10. The predicted molar refractivity (Wildman–Crippen MR) is 91.3 cm³/mol. The highest BCUT2D eigenvalue weighted by Gasteiger charge is 2.18. The second kappa shape index (κ2) is 7.14. The minimum Gasteiger partial charge on any atom is -0.497 e. The van der Waals surface area contributed by atoms with E-state index < -0.39 is 10.0 Å². The van der Waals surface area contributed by atoms with Gasteiger partial charge in [0.25, 0.3) is 5.56 Å². The van der Waals surface area contributed by atoms with E-state index in [0.717, 1.165) is 18.2 Å². The van der Waals surface area contributed by atoms with Crippen molar-refractivity contribution in [3.05, 3.63) is 40.2 Å². The molecule has 1 N–H and O–H groups in total. The van der Waals surface area contributed by atoms with E-state index in [4.69, 9.17) is 4.74 Å². The number of pyridine rings is 1. The van der Waals surface area contributed by atoms with Crippen LogP contribution in [-0.4, -0.2) is 37.6 Å². The van der Waals surface area contributed by atoms with Gasteiger partial charge in [-0.15, -0.1) is 0 Å². The summed E-state index contributed by atoms with van der Waals surface area (Å²) in [6, 6.07) is 7.07.